The molecular formula is C22H20O8. The van der Waals surface area contributed by atoms with Crippen LogP contribution in [0.25, 0.3) is 0 Å². The summed E-state index contributed by atoms with van der Waals surface area (Å²) in [4.78, 5) is 21.3. The van der Waals surface area contributed by atoms with Crippen LogP contribution in [0.15, 0.2) is 66.7 Å². The van der Waals surface area contributed by atoms with Gasteiger partial charge in [0.2, 0.25) is 5.75 Å². The number of carbonyl (C=O) groups is 2. The Bertz CT molecular complexity index is 972. The number of ether oxygens (including phenoxy) is 3. The van der Waals surface area contributed by atoms with Gasteiger partial charge in [-0.15, -0.1) is 0 Å². The van der Waals surface area contributed by atoms with E-state index in [1.807, 2.05) is 30.3 Å². The van der Waals surface area contributed by atoms with Crippen molar-refractivity contribution >= 4 is 11.9 Å². The third kappa shape index (κ3) is 5.90. The third-order valence-electron chi connectivity index (χ3n) is 3.81. The number of methoxy groups -OCH3 is 2. The molecule has 0 saturated heterocycles. The fraction of sp³-hybridized carbons (Fsp3) is 0.0909. The molecule has 0 radical (unpaired) electrons. The molecule has 156 valence electrons. The van der Waals surface area contributed by atoms with Crippen molar-refractivity contribution in [2.75, 3.05) is 14.2 Å². The molecule has 0 saturated carbocycles. The fourth-order valence-corrected chi connectivity index (χ4v) is 2.31. The molecule has 0 aliphatic rings. The zero-order valence-electron chi connectivity index (χ0n) is 16.2. The molecule has 0 heterocycles. The second-order valence-electron chi connectivity index (χ2n) is 5.78. The van der Waals surface area contributed by atoms with Gasteiger partial charge in [-0.05, 0) is 48.5 Å². The minimum atomic E-state index is -1.11. The summed E-state index contributed by atoms with van der Waals surface area (Å²) >= 11 is 0. The molecule has 8 nitrogen and oxygen atoms in total. The summed E-state index contributed by atoms with van der Waals surface area (Å²) < 4.78 is 15.1. The standard InChI is InChI=1S/C13H10O3.C9H10O5/c14-13(15)10-6-8-12(9-7-10)16-11-4-2-1-3-5-11;1-13-6-3-5(9(11)12)4-7(14-2)8(6)10/h1-9H,(H,14,15);3-4,10H,1-2H3,(H,11,12). The van der Waals surface area contributed by atoms with Crippen LogP contribution in [-0.2, 0) is 0 Å². The monoisotopic (exact) mass is 412 g/mol. The van der Waals surface area contributed by atoms with E-state index in [1.165, 1.54) is 38.5 Å². The Kier molecular flexibility index (Phi) is 7.64. The van der Waals surface area contributed by atoms with Gasteiger partial charge in [0.15, 0.2) is 11.5 Å². The highest BCUT2D eigenvalue weighted by Crippen LogP contribution is 2.36. The lowest BCUT2D eigenvalue weighted by Gasteiger charge is -2.08. The van der Waals surface area contributed by atoms with Gasteiger partial charge in [-0.1, -0.05) is 18.2 Å². The van der Waals surface area contributed by atoms with Gasteiger partial charge >= 0.3 is 11.9 Å². The fourth-order valence-electron chi connectivity index (χ4n) is 2.31. The average Bonchev–Trinajstić information content (AvgIpc) is 2.75. The Labute approximate surface area is 172 Å². The van der Waals surface area contributed by atoms with E-state index in [-0.39, 0.29) is 28.4 Å². The molecule has 0 bridgehead atoms. The molecule has 0 aliphatic carbocycles. The van der Waals surface area contributed by atoms with Crippen LogP contribution >= 0.6 is 0 Å². The van der Waals surface area contributed by atoms with E-state index in [4.69, 9.17) is 24.4 Å². The van der Waals surface area contributed by atoms with Crippen molar-refractivity contribution in [3.05, 3.63) is 77.9 Å². The second-order valence-corrected chi connectivity index (χ2v) is 5.78. The van der Waals surface area contributed by atoms with Gasteiger partial charge in [-0.2, -0.15) is 0 Å². The minimum Gasteiger partial charge on any atom is -0.502 e. The van der Waals surface area contributed by atoms with E-state index in [1.54, 1.807) is 12.1 Å². The van der Waals surface area contributed by atoms with Crippen molar-refractivity contribution in [3.8, 4) is 28.7 Å². The smallest absolute Gasteiger partial charge is 0.335 e. The zero-order chi connectivity index (χ0) is 22.1. The molecule has 3 rings (SSSR count). The van der Waals surface area contributed by atoms with Crippen LogP contribution in [-0.4, -0.2) is 41.5 Å². The highest BCUT2D eigenvalue weighted by molar-refractivity contribution is 5.89. The summed E-state index contributed by atoms with van der Waals surface area (Å²) in [6, 6.07) is 18.1. The predicted molar refractivity (Wildman–Crippen MR) is 108 cm³/mol. The van der Waals surface area contributed by atoms with E-state index in [9.17, 15) is 14.7 Å². The maximum atomic E-state index is 10.7. The summed E-state index contributed by atoms with van der Waals surface area (Å²) in [5, 5.41) is 26.9. The number of benzene rings is 3. The molecule has 8 heteroatoms. The lowest BCUT2D eigenvalue weighted by atomic mass is 10.2. The topological polar surface area (TPSA) is 123 Å². The van der Waals surface area contributed by atoms with Gasteiger partial charge in [0.1, 0.15) is 11.5 Å². The molecule has 0 amide bonds. The van der Waals surface area contributed by atoms with Gasteiger partial charge < -0.3 is 29.5 Å². The Balaban J connectivity index is 0.000000216. The quantitative estimate of drug-likeness (QED) is 0.548. The van der Waals surface area contributed by atoms with E-state index in [0.29, 0.717) is 5.75 Å². The predicted octanol–water partition coefficient (Wildman–Crippen LogP) is 4.28. The molecule has 3 aromatic rings. The molecule has 3 aromatic carbocycles. The van der Waals surface area contributed by atoms with E-state index in [0.717, 1.165) is 5.75 Å². The Morgan fingerprint density at radius 3 is 1.60 bits per heavy atom. The molecule has 0 fully saturated rings. The van der Waals surface area contributed by atoms with Crippen molar-refractivity contribution in [1.29, 1.82) is 0 Å². The number of rotatable bonds is 6. The second kappa shape index (κ2) is 10.4. The van der Waals surface area contributed by atoms with Crippen molar-refractivity contribution < 1.29 is 39.1 Å². The third-order valence-corrected chi connectivity index (χ3v) is 3.81. The van der Waals surface area contributed by atoms with Gasteiger partial charge in [-0.3, -0.25) is 0 Å². The first-order chi connectivity index (χ1) is 14.3. The normalized spacial score (nSPS) is 9.67. The number of hydrogen-bond donors (Lipinski definition) is 3. The molecule has 0 unspecified atom stereocenters. The van der Waals surface area contributed by atoms with Gasteiger partial charge in [0, 0.05) is 0 Å². The number of aromatic hydroxyl groups is 1. The summed E-state index contributed by atoms with van der Waals surface area (Å²) in [6.07, 6.45) is 0. The number of aromatic carboxylic acids is 2. The lowest BCUT2D eigenvalue weighted by Crippen LogP contribution is -1.98. The van der Waals surface area contributed by atoms with Crippen LogP contribution in [0.3, 0.4) is 0 Å². The van der Waals surface area contributed by atoms with Crippen LogP contribution in [0.5, 0.6) is 28.7 Å². The number of para-hydroxylation sites is 1. The maximum Gasteiger partial charge on any atom is 0.335 e. The molecule has 3 N–H and O–H groups in total. The van der Waals surface area contributed by atoms with Crippen LogP contribution in [0, 0.1) is 0 Å². The number of carboxylic acids is 2. The van der Waals surface area contributed by atoms with Crippen molar-refractivity contribution in [1.82, 2.24) is 0 Å². The van der Waals surface area contributed by atoms with Gasteiger partial charge in [0.05, 0.1) is 25.3 Å². The number of phenolic OH excluding ortho intramolecular Hbond substituents is 1. The first kappa shape index (κ1) is 22.1. The van der Waals surface area contributed by atoms with Crippen LogP contribution in [0.4, 0.5) is 0 Å². The first-order valence-electron chi connectivity index (χ1n) is 8.60. The van der Waals surface area contributed by atoms with E-state index < -0.39 is 11.9 Å². The molecular weight excluding hydrogens is 392 g/mol. The minimum absolute atomic E-state index is 0.00324. The van der Waals surface area contributed by atoms with Crippen LogP contribution in [0.2, 0.25) is 0 Å². The number of phenols is 1. The van der Waals surface area contributed by atoms with Gasteiger partial charge in [-0.25, -0.2) is 9.59 Å². The molecule has 0 atom stereocenters. The summed E-state index contributed by atoms with van der Waals surface area (Å²) in [5.74, 6) is -0.766. The molecule has 0 aliphatic heterocycles. The highest BCUT2D eigenvalue weighted by Gasteiger charge is 2.14. The van der Waals surface area contributed by atoms with Gasteiger partial charge in [0.25, 0.3) is 0 Å². The number of carboxylic acid groups (broad SMARTS) is 2. The van der Waals surface area contributed by atoms with E-state index >= 15 is 0 Å². The van der Waals surface area contributed by atoms with Crippen molar-refractivity contribution in [2.45, 2.75) is 0 Å². The Hall–Kier alpha value is -4.20. The summed E-state index contributed by atoms with van der Waals surface area (Å²) in [6.45, 7) is 0. The lowest BCUT2D eigenvalue weighted by molar-refractivity contribution is 0.0685. The molecule has 0 aromatic heterocycles. The highest BCUT2D eigenvalue weighted by atomic mass is 16.5. The zero-order valence-corrected chi connectivity index (χ0v) is 16.2. The van der Waals surface area contributed by atoms with Crippen molar-refractivity contribution in [3.63, 3.8) is 0 Å². The van der Waals surface area contributed by atoms with Crippen molar-refractivity contribution in [2.24, 2.45) is 0 Å². The number of hydrogen-bond acceptors (Lipinski definition) is 6. The average molecular weight is 412 g/mol. The van der Waals surface area contributed by atoms with Crippen LogP contribution < -0.4 is 14.2 Å². The summed E-state index contributed by atoms with van der Waals surface area (Å²) in [7, 11) is 2.67. The molecule has 30 heavy (non-hydrogen) atoms. The maximum absolute atomic E-state index is 10.7. The Morgan fingerprint density at radius 1 is 0.700 bits per heavy atom. The SMILES string of the molecule is COc1cc(C(=O)O)cc(OC)c1O.O=C(O)c1ccc(Oc2ccccc2)cc1. The first-order valence-corrected chi connectivity index (χ1v) is 8.60. The van der Waals surface area contributed by atoms with E-state index in [2.05, 4.69) is 0 Å². The Morgan fingerprint density at radius 2 is 1.17 bits per heavy atom. The van der Waals surface area contributed by atoms with Crippen LogP contribution in [0.1, 0.15) is 20.7 Å². The largest absolute Gasteiger partial charge is 0.502 e. The summed E-state index contributed by atoms with van der Waals surface area (Å²) in [5.41, 5.74) is 0.247. The molecule has 0 spiro atoms.